The predicted octanol–water partition coefficient (Wildman–Crippen LogP) is 2.76. The van der Waals surface area contributed by atoms with Crippen LogP contribution in [0.2, 0.25) is 5.02 Å². The van der Waals surface area contributed by atoms with E-state index in [2.05, 4.69) is 20.6 Å². The number of nitrogens with zero attached hydrogens (tertiary/aromatic N) is 3. The van der Waals surface area contributed by atoms with E-state index in [0.717, 1.165) is 0 Å². The molecule has 37 heavy (non-hydrogen) atoms. The van der Waals surface area contributed by atoms with Crippen LogP contribution in [0, 0.1) is 0 Å². The number of amides is 1. The Labute approximate surface area is 219 Å². The first kappa shape index (κ1) is 27.0. The third kappa shape index (κ3) is 6.10. The lowest BCUT2D eigenvalue weighted by Crippen LogP contribution is -2.42. The van der Waals surface area contributed by atoms with Crippen molar-refractivity contribution in [3.05, 3.63) is 51.4 Å². The molecular formula is C26H32ClN5O5. The summed E-state index contributed by atoms with van der Waals surface area (Å²) in [5.74, 6) is -0.145. The SMILES string of the molecule is CC(C)n1c(C(=O)NCC(C)(C)O)cc(=O)c2ccc(-c3nc(N[C@@H]4CCOC[C@H]4O)ncc3Cl)cc21. The number of pyridine rings is 1. The fourth-order valence-electron chi connectivity index (χ4n) is 4.30. The Bertz CT molecular complexity index is 1370. The van der Waals surface area contributed by atoms with Crippen LogP contribution in [-0.2, 0) is 4.74 Å². The normalized spacial score (nSPS) is 18.3. The van der Waals surface area contributed by atoms with E-state index >= 15 is 0 Å². The van der Waals surface area contributed by atoms with Crippen molar-refractivity contribution in [2.45, 2.75) is 57.9 Å². The van der Waals surface area contributed by atoms with Gasteiger partial charge in [0.05, 0.1) is 46.8 Å². The Morgan fingerprint density at radius 3 is 2.76 bits per heavy atom. The average Bonchev–Trinajstić information content (AvgIpc) is 2.84. The summed E-state index contributed by atoms with van der Waals surface area (Å²) in [6, 6.07) is 6.14. The number of hydrogen-bond acceptors (Lipinski definition) is 8. The molecule has 1 aromatic carbocycles. The number of benzene rings is 1. The predicted molar refractivity (Wildman–Crippen MR) is 142 cm³/mol. The molecule has 1 amide bonds. The molecule has 0 bridgehead atoms. The summed E-state index contributed by atoms with van der Waals surface area (Å²) in [5, 5.41) is 26.8. The molecule has 1 saturated heterocycles. The smallest absolute Gasteiger partial charge is 0.268 e. The minimum absolute atomic E-state index is 0.0321. The van der Waals surface area contributed by atoms with E-state index in [9.17, 15) is 19.8 Å². The van der Waals surface area contributed by atoms with Crippen LogP contribution < -0.4 is 16.1 Å². The molecule has 1 fully saturated rings. The second-order valence-electron chi connectivity index (χ2n) is 10.2. The largest absolute Gasteiger partial charge is 0.389 e. The highest BCUT2D eigenvalue weighted by Gasteiger charge is 2.25. The van der Waals surface area contributed by atoms with Crippen LogP contribution >= 0.6 is 11.6 Å². The van der Waals surface area contributed by atoms with Crippen molar-refractivity contribution in [1.82, 2.24) is 19.9 Å². The first-order valence-corrected chi connectivity index (χ1v) is 12.6. The molecule has 0 unspecified atom stereocenters. The molecule has 198 valence electrons. The maximum absolute atomic E-state index is 13.0. The Morgan fingerprint density at radius 2 is 2.08 bits per heavy atom. The highest BCUT2D eigenvalue weighted by Crippen LogP contribution is 2.30. The van der Waals surface area contributed by atoms with Crippen molar-refractivity contribution in [3.8, 4) is 11.3 Å². The monoisotopic (exact) mass is 529 g/mol. The van der Waals surface area contributed by atoms with Gasteiger partial charge in [-0.05, 0) is 46.2 Å². The van der Waals surface area contributed by atoms with E-state index in [-0.39, 0.29) is 36.4 Å². The van der Waals surface area contributed by atoms with Gasteiger partial charge in [0.2, 0.25) is 5.95 Å². The van der Waals surface area contributed by atoms with E-state index in [0.29, 0.717) is 46.2 Å². The maximum atomic E-state index is 13.0. The second kappa shape index (κ2) is 10.7. The van der Waals surface area contributed by atoms with E-state index in [4.69, 9.17) is 16.3 Å². The Hall–Kier alpha value is -3.05. The van der Waals surface area contributed by atoms with Gasteiger partial charge >= 0.3 is 0 Å². The molecule has 2 atom stereocenters. The van der Waals surface area contributed by atoms with Crippen molar-refractivity contribution in [3.63, 3.8) is 0 Å². The van der Waals surface area contributed by atoms with Crippen molar-refractivity contribution < 1.29 is 19.7 Å². The fraction of sp³-hybridized carbons (Fsp3) is 0.462. The second-order valence-corrected chi connectivity index (χ2v) is 10.6. The summed E-state index contributed by atoms with van der Waals surface area (Å²) in [6.45, 7) is 7.81. The van der Waals surface area contributed by atoms with E-state index in [1.54, 1.807) is 36.6 Å². The number of nitrogens with one attached hydrogen (secondary N) is 2. The molecule has 0 saturated carbocycles. The third-order valence-corrected chi connectivity index (χ3v) is 6.42. The maximum Gasteiger partial charge on any atom is 0.268 e. The standard InChI is InChI=1S/C26H32ClN5O5/c1-14(2)32-19-9-15(5-6-16(19)21(33)10-20(32)24(35)29-13-26(3,4)36)23-17(27)11-28-25(31-23)30-18-7-8-37-12-22(18)34/h5-6,9-11,14,18,22,34,36H,7-8,12-13H2,1-4H3,(H,29,35)(H,28,30,31)/t18-,22-/m1/s1. The summed E-state index contributed by atoms with van der Waals surface area (Å²) in [7, 11) is 0. The number of halogens is 1. The number of carbonyl (C=O) groups excluding carboxylic acids is 1. The van der Waals surface area contributed by atoms with Gasteiger partial charge in [0, 0.05) is 36.2 Å². The Morgan fingerprint density at radius 1 is 1.32 bits per heavy atom. The molecule has 0 radical (unpaired) electrons. The molecule has 2 aromatic heterocycles. The molecule has 0 aliphatic carbocycles. The lowest BCUT2D eigenvalue weighted by atomic mass is 10.1. The van der Waals surface area contributed by atoms with Crippen LogP contribution in [0.25, 0.3) is 22.2 Å². The van der Waals surface area contributed by atoms with Crippen LogP contribution in [0.3, 0.4) is 0 Å². The number of aromatic nitrogens is 3. The number of aliphatic hydroxyl groups excluding tert-OH is 1. The van der Waals surface area contributed by atoms with E-state index in [1.165, 1.54) is 12.3 Å². The summed E-state index contributed by atoms with van der Waals surface area (Å²) >= 11 is 6.47. The number of anilines is 1. The van der Waals surface area contributed by atoms with Crippen LogP contribution in [0.5, 0.6) is 0 Å². The third-order valence-electron chi connectivity index (χ3n) is 6.14. The molecule has 1 aliphatic rings. The molecule has 10 nitrogen and oxygen atoms in total. The first-order chi connectivity index (χ1) is 17.4. The summed E-state index contributed by atoms with van der Waals surface area (Å²) in [6.07, 6.45) is 1.41. The highest BCUT2D eigenvalue weighted by atomic mass is 35.5. The average molecular weight is 530 g/mol. The fourth-order valence-corrected chi connectivity index (χ4v) is 4.50. The van der Waals surface area contributed by atoms with Gasteiger partial charge in [-0.25, -0.2) is 9.97 Å². The van der Waals surface area contributed by atoms with Gasteiger partial charge in [-0.2, -0.15) is 0 Å². The topological polar surface area (TPSA) is 139 Å². The Kier molecular flexibility index (Phi) is 7.84. The van der Waals surface area contributed by atoms with Gasteiger partial charge in [-0.15, -0.1) is 0 Å². The van der Waals surface area contributed by atoms with Gasteiger partial charge in [0.1, 0.15) is 5.69 Å². The zero-order valence-electron chi connectivity index (χ0n) is 21.3. The first-order valence-electron chi connectivity index (χ1n) is 12.2. The highest BCUT2D eigenvalue weighted by molar-refractivity contribution is 6.33. The van der Waals surface area contributed by atoms with Gasteiger partial charge in [0.15, 0.2) is 5.43 Å². The van der Waals surface area contributed by atoms with Crippen LogP contribution in [-0.4, -0.2) is 68.2 Å². The number of hydrogen-bond donors (Lipinski definition) is 4. The van der Waals surface area contributed by atoms with Crippen molar-refractivity contribution in [2.75, 3.05) is 25.1 Å². The van der Waals surface area contributed by atoms with Gasteiger partial charge in [-0.3, -0.25) is 9.59 Å². The molecule has 4 rings (SSSR count). The van der Waals surface area contributed by atoms with Crippen LogP contribution in [0.4, 0.5) is 5.95 Å². The van der Waals surface area contributed by atoms with Crippen LogP contribution in [0.1, 0.15) is 50.6 Å². The number of carbonyl (C=O) groups is 1. The van der Waals surface area contributed by atoms with Gasteiger partial charge < -0.3 is 30.2 Å². The summed E-state index contributed by atoms with van der Waals surface area (Å²) in [4.78, 5) is 34.8. The quantitative estimate of drug-likeness (QED) is 0.366. The number of ether oxygens (including phenoxy) is 1. The minimum Gasteiger partial charge on any atom is -0.389 e. The van der Waals surface area contributed by atoms with Gasteiger partial charge in [-0.1, -0.05) is 17.7 Å². The molecular weight excluding hydrogens is 498 g/mol. The lowest BCUT2D eigenvalue weighted by Gasteiger charge is -2.28. The minimum atomic E-state index is -1.10. The van der Waals surface area contributed by atoms with Gasteiger partial charge in [0.25, 0.3) is 5.91 Å². The Balaban J connectivity index is 1.77. The van der Waals surface area contributed by atoms with Crippen molar-refractivity contribution in [2.24, 2.45) is 0 Å². The van der Waals surface area contributed by atoms with Crippen molar-refractivity contribution >= 4 is 34.4 Å². The summed E-state index contributed by atoms with van der Waals surface area (Å²) in [5.41, 5.74) is 0.437. The number of rotatable bonds is 7. The molecule has 1 aliphatic heterocycles. The molecule has 11 heteroatoms. The molecule has 4 N–H and O–H groups in total. The summed E-state index contributed by atoms with van der Waals surface area (Å²) < 4.78 is 7.06. The van der Waals surface area contributed by atoms with Crippen LogP contribution in [0.15, 0.2) is 35.3 Å². The lowest BCUT2D eigenvalue weighted by molar-refractivity contribution is -0.0136. The zero-order chi connectivity index (χ0) is 26.9. The number of fused-ring (bicyclic) bond motifs is 1. The molecule has 3 aromatic rings. The van der Waals surface area contributed by atoms with E-state index in [1.807, 2.05) is 13.8 Å². The van der Waals surface area contributed by atoms with Crippen molar-refractivity contribution in [1.29, 1.82) is 0 Å². The number of aliphatic hydroxyl groups is 2. The molecule has 0 spiro atoms. The van der Waals surface area contributed by atoms with E-state index < -0.39 is 17.6 Å². The zero-order valence-corrected chi connectivity index (χ0v) is 22.0. The molecule has 3 heterocycles.